The molecule has 0 aliphatic rings. The maximum Gasteiger partial charge on any atom is 0.631 e. The molecule has 6 nitrogen and oxygen atoms in total. The molecular formula is C8H14BN3O3. The molecule has 0 saturated heterocycles. The molecule has 0 atom stereocenters. The molecule has 0 aliphatic heterocycles. The largest absolute Gasteiger partial charge is 0.631 e. The van der Waals surface area contributed by atoms with Crippen molar-refractivity contribution < 1.29 is 15.1 Å². The molecule has 15 heavy (non-hydrogen) atoms. The van der Waals surface area contributed by atoms with Gasteiger partial charge < -0.3 is 26.5 Å². The first kappa shape index (κ1) is 13.4. The van der Waals surface area contributed by atoms with Gasteiger partial charge in [-0.25, -0.2) is 4.99 Å². The maximum absolute atomic E-state index is 7.17. The van der Waals surface area contributed by atoms with Crippen LogP contribution in [0.25, 0.3) is 0 Å². The zero-order valence-electron chi connectivity index (χ0n) is 8.33. The van der Waals surface area contributed by atoms with Crippen molar-refractivity contribution in [3.05, 3.63) is 29.8 Å². The van der Waals surface area contributed by atoms with Crippen LogP contribution in [0.3, 0.4) is 0 Å². The highest BCUT2D eigenvalue weighted by molar-refractivity contribution is 6.30. The fourth-order valence-corrected chi connectivity index (χ4v) is 0.768. The number of aliphatic imine (C=N–C) groups is 1. The number of rotatable bonds is 1. The standard InChI is InChI=1S/C8H11N3.BH3O3/c1-6-2-4-7(5-3-6)11-8(9)10;2-1(3)4/h2-5H,1H3,(H4,9,10,11);2-4H. The average Bonchev–Trinajstić information content (AvgIpc) is 2.07. The fraction of sp³-hybridized carbons (Fsp3) is 0.125. The Balaban J connectivity index is 0.000000423. The van der Waals surface area contributed by atoms with E-state index in [2.05, 4.69) is 4.99 Å². The first-order valence-electron chi connectivity index (χ1n) is 4.12. The van der Waals surface area contributed by atoms with Crippen LogP contribution in [0.4, 0.5) is 5.69 Å². The zero-order chi connectivity index (χ0) is 11.8. The van der Waals surface area contributed by atoms with E-state index < -0.39 is 7.32 Å². The summed E-state index contributed by atoms with van der Waals surface area (Å²) in [5.74, 6) is 0.0915. The molecule has 0 unspecified atom stereocenters. The van der Waals surface area contributed by atoms with Crippen molar-refractivity contribution in [2.24, 2.45) is 16.5 Å². The number of nitrogens with two attached hydrogens (primary N) is 2. The number of nitrogens with zero attached hydrogens (tertiary/aromatic N) is 1. The molecule has 7 heteroatoms. The van der Waals surface area contributed by atoms with Crippen molar-refractivity contribution in [2.45, 2.75) is 6.92 Å². The van der Waals surface area contributed by atoms with E-state index in [-0.39, 0.29) is 5.96 Å². The summed E-state index contributed by atoms with van der Waals surface area (Å²) in [5.41, 5.74) is 12.4. The van der Waals surface area contributed by atoms with Crippen LogP contribution in [0.5, 0.6) is 0 Å². The third-order valence-corrected chi connectivity index (χ3v) is 1.29. The molecule has 0 aromatic heterocycles. The van der Waals surface area contributed by atoms with Gasteiger partial charge in [0, 0.05) is 0 Å². The molecule has 0 bridgehead atoms. The van der Waals surface area contributed by atoms with Gasteiger partial charge in [-0.2, -0.15) is 0 Å². The average molecular weight is 211 g/mol. The van der Waals surface area contributed by atoms with E-state index in [1.807, 2.05) is 31.2 Å². The summed E-state index contributed by atoms with van der Waals surface area (Å²) < 4.78 is 0. The predicted molar refractivity (Wildman–Crippen MR) is 59.1 cm³/mol. The Kier molecular flexibility index (Phi) is 6.11. The normalized spacial score (nSPS) is 8.53. The van der Waals surface area contributed by atoms with Gasteiger partial charge in [-0.3, -0.25) is 0 Å². The lowest BCUT2D eigenvalue weighted by Crippen LogP contribution is -2.21. The van der Waals surface area contributed by atoms with Crippen LogP contribution in [-0.4, -0.2) is 28.4 Å². The summed E-state index contributed by atoms with van der Waals surface area (Å²) in [4.78, 5) is 3.87. The first-order chi connectivity index (χ1) is 6.91. The van der Waals surface area contributed by atoms with Crippen molar-refractivity contribution >= 4 is 19.0 Å². The third-order valence-electron chi connectivity index (χ3n) is 1.29. The van der Waals surface area contributed by atoms with E-state index in [0.29, 0.717) is 0 Å². The summed E-state index contributed by atoms with van der Waals surface area (Å²) in [6.45, 7) is 2.01. The lowest BCUT2D eigenvalue weighted by atomic mass is 10.2. The Morgan fingerprint density at radius 2 is 1.53 bits per heavy atom. The molecule has 0 heterocycles. The Morgan fingerprint density at radius 3 is 1.87 bits per heavy atom. The molecule has 0 radical (unpaired) electrons. The fourth-order valence-electron chi connectivity index (χ4n) is 0.768. The lowest BCUT2D eigenvalue weighted by molar-refractivity contribution is 0.278. The smallest absolute Gasteiger partial charge is 0.402 e. The highest BCUT2D eigenvalue weighted by atomic mass is 16.5. The molecule has 1 rings (SSSR count). The predicted octanol–water partition coefficient (Wildman–Crippen LogP) is -1.15. The maximum atomic E-state index is 7.17. The molecule has 1 aromatic rings. The molecule has 0 amide bonds. The van der Waals surface area contributed by atoms with Crippen LogP contribution in [0.15, 0.2) is 29.3 Å². The van der Waals surface area contributed by atoms with Crippen LogP contribution >= 0.6 is 0 Å². The second kappa shape index (κ2) is 6.82. The second-order valence-corrected chi connectivity index (χ2v) is 2.72. The Hall–Kier alpha value is -1.57. The monoisotopic (exact) mass is 211 g/mol. The molecular weight excluding hydrogens is 197 g/mol. The SMILES string of the molecule is Cc1ccc(N=C(N)N)cc1.OB(O)O. The van der Waals surface area contributed by atoms with Crippen LogP contribution in [-0.2, 0) is 0 Å². The van der Waals surface area contributed by atoms with Gasteiger partial charge in [-0.1, -0.05) is 17.7 Å². The van der Waals surface area contributed by atoms with Crippen molar-refractivity contribution in [2.75, 3.05) is 0 Å². The summed E-state index contributed by atoms with van der Waals surface area (Å²) in [6, 6.07) is 7.66. The molecule has 1 aromatic carbocycles. The number of hydrogen-bond donors (Lipinski definition) is 5. The highest BCUT2D eigenvalue weighted by Gasteiger charge is 1.92. The Labute approximate surface area is 88.1 Å². The van der Waals surface area contributed by atoms with Gasteiger partial charge in [0.15, 0.2) is 5.96 Å². The topological polar surface area (TPSA) is 125 Å². The zero-order valence-corrected chi connectivity index (χ0v) is 8.33. The van der Waals surface area contributed by atoms with Crippen LogP contribution < -0.4 is 11.5 Å². The van der Waals surface area contributed by atoms with E-state index in [0.717, 1.165) is 5.69 Å². The van der Waals surface area contributed by atoms with Gasteiger partial charge >= 0.3 is 7.32 Å². The quantitative estimate of drug-likeness (QED) is 0.228. The summed E-state index contributed by atoms with van der Waals surface area (Å²) in [7, 11) is -2.17. The van der Waals surface area contributed by atoms with Crippen molar-refractivity contribution in [1.29, 1.82) is 0 Å². The molecule has 7 N–H and O–H groups in total. The summed E-state index contributed by atoms with van der Waals surface area (Å²) in [5, 5.41) is 21.5. The number of guanidine groups is 1. The number of benzene rings is 1. The number of hydrogen-bond acceptors (Lipinski definition) is 4. The molecule has 0 fully saturated rings. The first-order valence-corrected chi connectivity index (χ1v) is 4.12. The minimum atomic E-state index is -2.17. The van der Waals surface area contributed by atoms with Gasteiger partial charge in [-0.05, 0) is 19.1 Å². The lowest BCUT2D eigenvalue weighted by Gasteiger charge is -1.94. The summed E-state index contributed by atoms with van der Waals surface area (Å²) >= 11 is 0. The Bertz CT molecular complexity index is 307. The highest BCUT2D eigenvalue weighted by Crippen LogP contribution is 2.11. The van der Waals surface area contributed by atoms with Crippen LogP contribution in [0.1, 0.15) is 5.56 Å². The summed E-state index contributed by atoms with van der Waals surface area (Å²) in [6.07, 6.45) is 0. The van der Waals surface area contributed by atoms with Crippen molar-refractivity contribution in [3.63, 3.8) is 0 Å². The Morgan fingerprint density at radius 1 is 1.13 bits per heavy atom. The van der Waals surface area contributed by atoms with Gasteiger partial charge in [0.2, 0.25) is 0 Å². The van der Waals surface area contributed by atoms with Gasteiger partial charge in [0.25, 0.3) is 0 Å². The van der Waals surface area contributed by atoms with E-state index in [1.54, 1.807) is 0 Å². The van der Waals surface area contributed by atoms with Gasteiger partial charge in [-0.15, -0.1) is 0 Å². The van der Waals surface area contributed by atoms with Crippen LogP contribution in [0, 0.1) is 6.92 Å². The molecule has 0 spiro atoms. The molecule has 0 aliphatic carbocycles. The number of aryl methyl sites for hydroxylation is 1. The van der Waals surface area contributed by atoms with Crippen molar-refractivity contribution in [3.8, 4) is 0 Å². The van der Waals surface area contributed by atoms with E-state index in [4.69, 9.17) is 26.5 Å². The van der Waals surface area contributed by atoms with Crippen LogP contribution in [0.2, 0.25) is 0 Å². The third kappa shape index (κ3) is 8.76. The van der Waals surface area contributed by atoms with Gasteiger partial charge in [0.05, 0.1) is 5.69 Å². The minimum absolute atomic E-state index is 0.0915. The van der Waals surface area contributed by atoms with Gasteiger partial charge in [0.1, 0.15) is 0 Å². The van der Waals surface area contributed by atoms with E-state index in [1.165, 1.54) is 5.56 Å². The van der Waals surface area contributed by atoms with Crippen molar-refractivity contribution in [1.82, 2.24) is 0 Å². The molecule has 0 saturated carbocycles. The van der Waals surface area contributed by atoms with E-state index in [9.17, 15) is 0 Å². The second-order valence-electron chi connectivity index (χ2n) is 2.72. The minimum Gasteiger partial charge on any atom is -0.402 e. The van der Waals surface area contributed by atoms with E-state index >= 15 is 0 Å². The molecule has 82 valence electrons.